The fraction of sp³-hybridized carbons (Fsp3) is 0.667. The fourth-order valence-corrected chi connectivity index (χ4v) is 1.31. The van der Waals surface area contributed by atoms with Crippen LogP contribution in [0, 0.1) is 5.92 Å². The van der Waals surface area contributed by atoms with Crippen molar-refractivity contribution in [2.24, 2.45) is 5.92 Å². The molecule has 0 amide bonds. The molecule has 0 aromatic heterocycles. The number of hydrogen-bond donors (Lipinski definition) is 1. The molecule has 1 fully saturated rings. The summed E-state index contributed by atoms with van der Waals surface area (Å²) in [5, 5.41) is 3.26. The Bertz CT molecular complexity index is 162. The van der Waals surface area contributed by atoms with Gasteiger partial charge in [0.25, 0.3) is 0 Å². The summed E-state index contributed by atoms with van der Waals surface area (Å²) in [7, 11) is 0. The number of esters is 1. The second kappa shape index (κ2) is 4.93. The average molecular weight is 169 g/mol. The minimum Gasteiger partial charge on any atom is -0.462 e. The molecule has 3 heteroatoms. The molecule has 68 valence electrons. The van der Waals surface area contributed by atoms with Gasteiger partial charge in [0.15, 0.2) is 0 Å². The van der Waals surface area contributed by atoms with Gasteiger partial charge in [0.2, 0.25) is 0 Å². The molecule has 0 atom stereocenters. The van der Waals surface area contributed by atoms with Gasteiger partial charge in [-0.1, -0.05) is 6.58 Å². The first kappa shape index (κ1) is 9.26. The third-order valence-electron chi connectivity index (χ3n) is 2.09. The largest absolute Gasteiger partial charge is 0.462 e. The zero-order chi connectivity index (χ0) is 8.81. The third kappa shape index (κ3) is 3.05. The summed E-state index contributed by atoms with van der Waals surface area (Å²) in [4.78, 5) is 10.7. The van der Waals surface area contributed by atoms with Crippen molar-refractivity contribution in [3.8, 4) is 0 Å². The summed E-state index contributed by atoms with van der Waals surface area (Å²) < 4.78 is 4.95. The van der Waals surface area contributed by atoms with Gasteiger partial charge in [-0.2, -0.15) is 0 Å². The molecule has 0 aromatic carbocycles. The molecule has 1 heterocycles. The van der Waals surface area contributed by atoms with Gasteiger partial charge in [-0.25, -0.2) is 4.79 Å². The van der Waals surface area contributed by atoms with Crippen molar-refractivity contribution in [1.82, 2.24) is 5.32 Å². The van der Waals surface area contributed by atoms with E-state index in [0.29, 0.717) is 12.5 Å². The lowest BCUT2D eigenvalue weighted by atomic mass is 9.99. The van der Waals surface area contributed by atoms with Crippen LogP contribution < -0.4 is 5.32 Å². The molecule has 12 heavy (non-hydrogen) atoms. The first-order valence-electron chi connectivity index (χ1n) is 4.33. The van der Waals surface area contributed by atoms with E-state index in [4.69, 9.17) is 4.74 Å². The van der Waals surface area contributed by atoms with E-state index < -0.39 is 0 Å². The smallest absolute Gasteiger partial charge is 0.330 e. The van der Waals surface area contributed by atoms with Crippen LogP contribution in [-0.4, -0.2) is 25.7 Å². The molecule has 0 aliphatic carbocycles. The van der Waals surface area contributed by atoms with Gasteiger partial charge in [-0.15, -0.1) is 0 Å². The minimum absolute atomic E-state index is 0.312. The number of ether oxygens (including phenoxy) is 1. The average Bonchev–Trinajstić information content (AvgIpc) is 2.16. The summed E-state index contributed by atoms with van der Waals surface area (Å²) in [5.74, 6) is 0.226. The molecule has 0 saturated carbocycles. The van der Waals surface area contributed by atoms with E-state index in [1.165, 1.54) is 6.08 Å². The lowest BCUT2D eigenvalue weighted by Crippen LogP contribution is -2.30. The van der Waals surface area contributed by atoms with Crippen molar-refractivity contribution >= 4 is 5.97 Å². The number of nitrogens with one attached hydrogen (secondary N) is 1. The standard InChI is InChI=1S/C9H15NO2/c1-2-9(11)12-7-8-3-5-10-6-4-8/h2,8,10H,1,3-7H2. The molecule has 3 nitrogen and oxygen atoms in total. The van der Waals surface area contributed by atoms with Crippen LogP contribution in [0.2, 0.25) is 0 Å². The molecule has 1 rings (SSSR count). The van der Waals surface area contributed by atoms with Gasteiger partial charge in [0, 0.05) is 6.08 Å². The van der Waals surface area contributed by atoms with Gasteiger partial charge in [0.1, 0.15) is 0 Å². The monoisotopic (exact) mass is 169 g/mol. The predicted molar refractivity (Wildman–Crippen MR) is 46.7 cm³/mol. The third-order valence-corrected chi connectivity index (χ3v) is 2.09. The van der Waals surface area contributed by atoms with E-state index in [-0.39, 0.29) is 5.97 Å². The Morgan fingerprint density at radius 3 is 2.83 bits per heavy atom. The van der Waals surface area contributed by atoms with Crippen LogP contribution in [0.1, 0.15) is 12.8 Å². The molecule has 0 unspecified atom stereocenters. The van der Waals surface area contributed by atoms with Gasteiger partial charge in [0.05, 0.1) is 6.61 Å². The highest BCUT2D eigenvalue weighted by Gasteiger charge is 2.13. The van der Waals surface area contributed by atoms with Crippen molar-refractivity contribution in [2.75, 3.05) is 19.7 Å². The number of piperidine rings is 1. The van der Waals surface area contributed by atoms with Crippen LogP contribution in [0.3, 0.4) is 0 Å². The van der Waals surface area contributed by atoms with Gasteiger partial charge in [-0.3, -0.25) is 0 Å². The second-order valence-corrected chi connectivity index (χ2v) is 3.03. The van der Waals surface area contributed by atoms with E-state index >= 15 is 0 Å². The summed E-state index contributed by atoms with van der Waals surface area (Å²) >= 11 is 0. The number of hydrogen-bond acceptors (Lipinski definition) is 3. The predicted octanol–water partition coefficient (Wildman–Crippen LogP) is 0.715. The van der Waals surface area contributed by atoms with Crippen LogP contribution in [0.15, 0.2) is 12.7 Å². The SMILES string of the molecule is C=CC(=O)OCC1CCNCC1. The van der Waals surface area contributed by atoms with Crippen LogP contribution in [0.25, 0.3) is 0 Å². The first-order chi connectivity index (χ1) is 5.83. The van der Waals surface area contributed by atoms with Gasteiger partial charge in [-0.05, 0) is 31.8 Å². The maximum atomic E-state index is 10.7. The molecule has 0 aromatic rings. The molecule has 0 spiro atoms. The fourth-order valence-electron chi connectivity index (χ4n) is 1.31. The highest BCUT2D eigenvalue weighted by atomic mass is 16.5. The normalized spacial score (nSPS) is 18.7. The van der Waals surface area contributed by atoms with Gasteiger partial charge >= 0.3 is 5.97 Å². The van der Waals surface area contributed by atoms with Crippen molar-refractivity contribution < 1.29 is 9.53 Å². The van der Waals surface area contributed by atoms with Crippen LogP contribution >= 0.6 is 0 Å². The number of carbonyl (C=O) groups is 1. The van der Waals surface area contributed by atoms with E-state index in [2.05, 4.69) is 11.9 Å². The number of rotatable bonds is 3. The zero-order valence-corrected chi connectivity index (χ0v) is 7.21. The van der Waals surface area contributed by atoms with Crippen LogP contribution in [0.4, 0.5) is 0 Å². The number of carbonyl (C=O) groups excluding carboxylic acids is 1. The van der Waals surface area contributed by atoms with Gasteiger partial charge < -0.3 is 10.1 Å². The van der Waals surface area contributed by atoms with Crippen molar-refractivity contribution in [2.45, 2.75) is 12.8 Å². The zero-order valence-electron chi connectivity index (χ0n) is 7.21. The highest BCUT2D eigenvalue weighted by molar-refractivity contribution is 5.81. The van der Waals surface area contributed by atoms with Crippen LogP contribution in [-0.2, 0) is 9.53 Å². The Morgan fingerprint density at radius 2 is 2.25 bits per heavy atom. The summed E-state index contributed by atoms with van der Waals surface area (Å²) in [6, 6.07) is 0. The summed E-state index contributed by atoms with van der Waals surface area (Å²) in [5.41, 5.74) is 0. The molecule has 0 bridgehead atoms. The molecule has 1 aliphatic rings. The lowest BCUT2D eigenvalue weighted by Gasteiger charge is -2.21. The van der Waals surface area contributed by atoms with E-state index in [1.807, 2.05) is 0 Å². The quantitative estimate of drug-likeness (QED) is 0.499. The maximum Gasteiger partial charge on any atom is 0.330 e. The first-order valence-corrected chi connectivity index (χ1v) is 4.33. The molecule has 1 saturated heterocycles. The minimum atomic E-state index is -0.312. The van der Waals surface area contributed by atoms with Crippen molar-refractivity contribution in [1.29, 1.82) is 0 Å². The van der Waals surface area contributed by atoms with E-state index in [1.54, 1.807) is 0 Å². The van der Waals surface area contributed by atoms with E-state index in [9.17, 15) is 4.79 Å². The molecule has 1 aliphatic heterocycles. The summed E-state index contributed by atoms with van der Waals surface area (Å²) in [6.07, 6.45) is 3.41. The summed E-state index contributed by atoms with van der Waals surface area (Å²) in [6.45, 7) is 5.96. The Morgan fingerprint density at radius 1 is 1.58 bits per heavy atom. The lowest BCUT2D eigenvalue weighted by molar-refractivity contribution is -0.139. The topological polar surface area (TPSA) is 38.3 Å². The Kier molecular flexibility index (Phi) is 3.80. The maximum absolute atomic E-state index is 10.7. The molecule has 1 N–H and O–H groups in total. The Balaban J connectivity index is 2.12. The Hall–Kier alpha value is -0.830. The van der Waals surface area contributed by atoms with E-state index in [0.717, 1.165) is 25.9 Å². The van der Waals surface area contributed by atoms with Crippen LogP contribution in [0.5, 0.6) is 0 Å². The highest BCUT2D eigenvalue weighted by Crippen LogP contribution is 2.11. The Labute approximate surface area is 72.8 Å². The second-order valence-electron chi connectivity index (χ2n) is 3.03. The van der Waals surface area contributed by atoms with Crippen molar-refractivity contribution in [3.05, 3.63) is 12.7 Å². The van der Waals surface area contributed by atoms with Crippen molar-refractivity contribution in [3.63, 3.8) is 0 Å². The molecule has 0 radical (unpaired) electrons. The molecular weight excluding hydrogens is 154 g/mol. The molecular formula is C9H15NO2.